The van der Waals surface area contributed by atoms with Crippen molar-refractivity contribution < 1.29 is 14.3 Å². The summed E-state index contributed by atoms with van der Waals surface area (Å²) in [5.74, 6) is 1.59. The fourth-order valence-electron chi connectivity index (χ4n) is 4.09. The molecule has 0 spiro atoms. The summed E-state index contributed by atoms with van der Waals surface area (Å²) in [5, 5.41) is 0.428. The summed E-state index contributed by atoms with van der Waals surface area (Å²) in [6.45, 7) is 4.65. The second kappa shape index (κ2) is 9.40. The summed E-state index contributed by atoms with van der Waals surface area (Å²) < 4.78 is 10.6. The van der Waals surface area contributed by atoms with E-state index in [1.165, 1.54) is 18.2 Å². The first-order valence-electron chi connectivity index (χ1n) is 10.7. The van der Waals surface area contributed by atoms with Gasteiger partial charge in [0.2, 0.25) is 5.91 Å². The fourth-order valence-corrected chi connectivity index (χ4v) is 4.09. The molecule has 2 heterocycles. The molecule has 4 rings (SSSR count). The number of hydrogen-bond acceptors (Lipinski definition) is 6. The van der Waals surface area contributed by atoms with Gasteiger partial charge in [-0.05, 0) is 30.2 Å². The lowest BCUT2D eigenvalue weighted by Gasteiger charge is -2.31. The second-order valence-corrected chi connectivity index (χ2v) is 7.88. The van der Waals surface area contributed by atoms with Crippen LogP contribution in [0.5, 0.6) is 11.5 Å². The predicted molar refractivity (Wildman–Crippen MR) is 122 cm³/mol. The van der Waals surface area contributed by atoms with Crippen LogP contribution in [0.25, 0.3) is 10.9 Å². The number of fused-ring (bicyclic) bond motifs is 2. The maximum absolute atomic E-state index is 13.0. The van der Waals surface area contributed by atoms with Crippen molar-refractivity contribution in [1.29, 1.82) is 0 Å². The molecule has 32 heavy (non-hydrogen) atoms. The molecule has 0 saturated carbocycles. The molecule has 8 heteroatoms. The Morgan fingerprint density at radius 2 is 1.88 bits per heavy atom. The van der Waals surface area contributed by atoms with Crippen molar-refractivity contribution in [3.05, 3.63) is 63.7 Å². The van der Waals surface area contributed by atoms with Crippen LogP contribution in [0.15, 0.2) is 41.2 Å². The SMILES string of the molecule is CCN(CC(=O)N1CCc2ccccc2C1)Cc1nc(=O)c2cc(OC)c(OC)cc2[nH]1. The van der Waals surface area contributed by atoms with Crippen molar-refractivity contribution >= 4 is 16.8 Å². The Labute approximate surface area is 186 Å². The van der Waals surface area contributed by atoms with Crippen molar-refractivity contribution in [2.75, 3.05) is 33.9 Å². The number of carbonyl (C=O) groups excluding carboxylic acids is 1. The number of rotatable bonds is 7. The van der Waals surface area contributed by atoms with E-state index in [1.807, 2.05) is 28.9 Å². The van der Waals surface area contributed by atoms with Crippen LogP contribution in [0, 0.1) is 0 Å². The van der Waals surface area contributed by atoms with E-state index in [0.717, 1.165) is 13.0 Å². The Morgan fingerprint density at radius 1 is 1.16 bits per heavy atom. The Morgan fingerprint density at radius 3 is 2.59 bits per heavy atom. The van der Waals surface area contributed by atoms with E-state index in [1.54, 1.807) is 19.2 Å². The number of aromatic amines is 1. The summed E-state index contributed by atoms with van der Waals surface area (Å²) in [6.07, 6.45) is 0.874. The lowest BCUT2D eigenvalue weighted by molar-refractivity contribution is -0.133. The highest BCUT2D eigenvalue weighted by Gasteiger charge is 2.22. The number of hydrogen-bond donors (Lipinski definition) is 1. The van der Waals surface area contributed by atoms with Crippen LogP contribution in [0.3, 0.4) is 0 Å². The van der Waals surface area contributed by atoms with Gasteiger partial charge in [0.05, 0.1) is 38.2 Å². The van der Waals surface area contributed by atoms with Gasteiger partial charge in [-0.3, -0.25) is 14.5 Å². The molecule has 0 radical (unpaired) electrons. The molecule has 168 valence electrons. The molecule has 0 saturated heterocycles. The number of likely N-dealkylation sites (N-methyl/N-ethyl adjacent to an activating group) is 1. The average Bonchev–Trinajstić information content (AvgIpc) is 2.82. The Kier molecular flexibility index (Phi) is 6.41. The number of benzene rings is 2. The van der Waals surface area contributed by atoms with Crippen molar-refractivity contribution in [1.82, 2.24) is 19.8 Å². The van der Waals surface area contributed by atoms with Crippen LogP contribution in [-0.2, 0) is 24.3 Å². The van der Waals surface area contributed by atoms with E-state index in [9.17, 15) is 9.59 Å². The molecule has 8 nitrogen and oxygen atoms in total. The van der Waals surface area contributed by atoms with E-state index in [2.05, 4.69) is 22.1 Å². The molecule has 1 aromatic heterocycles. The minimum atomic E-state index is -0.343. The number of carbonyl (C=O) groups is 1. The van der Waals surface area contributed by atoms with Crippen LogP contribution < -0.4 is 15.0 Å². The topological polar surface area (TPSA) is 87.8 Å². The molecule has 3 aromatic rings. The highest BCUT2D eigenvalue weighted by Crippen LogP contribution is 2.30. The zero-order chi connectivity index (χ0) is 22.7. The van der Waals surface area contributed by atoms with Gasteiger partial charge in [-0.25, -0.2) is 0 Å². The number of nitrogens with zero attached hydrogens (tertiary/aromatic N) is 3. The molecule has 0 fully saturated rings. The Hall–Kier alpha value is -3.39. The normalized spacial score (nSPS) is 13.3. The molecule has 1 aliphatic rings. The molecule has 2 aromatic carbocycles. The van der Waals surface area contributed by atoms with Gasteiger partial charge in [-0.2, -0.15) is 4.98 Å². The van der Waals surface area contributed by atoms with Gasteiger partial charge in [-0.1, -0.05) is 31.2 Å². The zero-order valence-corrected chi connectivity index (χ0v) is 18.7. The van der Waals surface area contributed by atoms with E-state index >= 15 is 0 Å². The van der Waals surface area contributed by atoms with Gasteiger partial charge in [-0.15, -0.1) is 0 Å². The van der Waals surface area contributed by atoms with Gasteiger partial charge in [0, 0.05) is 19.2 Å². The summed E-state index contributed by atoms with van der Waals surface area (Å²) in [4.78, 5) is 36.9. The summed E-state index contributed by atoms with van der Waals surface area (Å²) >= 11 is 0. The maximum Gasteiger partial charge on any atom is 0.280 e. The van der Waals surface area contributed by atoms with E-state index in [4.69, 9.17) is 9.47 Å². The van der Waals surface area contributed by atoms with Crippen molar-refractivity contribution in [3.63, 3.8) is 0 Å². The number of methoxy groups -OCH3 is 2. The molecule has 1 aliphatic heterocycles. The minimum absolute atomic E-state index is 0.0795. The lowest BCUT2D eigenvalue weighted by atomic mass is 10.00. The van der Waals surface area contributed by atoms with Crippen molar-refractivity contribution in [3.8, 4) is 11.5 Å². The Balaban J connectivity index is 1.49. The van der Waals surface area contributed by atoms with Gasteiger partial charge in [0.15, 0.2) is 11.5 Å². The molecule has 1 amide bonds. The van der Waals surface area contributed by atoms with Gasteiger partial charge < -0.3 is 19.4 Å². The van der Waals surface area contributed by atoms with Crippen LogP contribution in [0.2, 0.25) is 0 Å². The highest BCUT2D eigenvalue weighted by atomic mass is 16.5. The summed E-state index contributed by atoms with van der Waals surface area (Å²) in [5.41, 5.74) is 2.80. The van der Waals surface area contributed by atoms with Crippen molar-refractivity contribution in [2.24, 2.45) is 0 Å². The third-order valence-electron chi connectivity index (χ3n) is 5.93. The number of aromatic nitrogens is 2. The van der Waals surface area contributed by atoms with Gasteiger partial charge in [0.25, 0.3) is 5.56 Å². The van der Waals surface area contributed by atoms with Crippen LogP contribution in [0.4, 0.5) is 0 Å². The van der Waals surface area contributed by atoms with E-state index < -0.39 is 0 Å². The molecule has 0 bridgehead atoms. The number of ether oxygens (including phenoxy) is 2. The van der Waals surface area contributed by atoms with Crippen LogP contribution >= 0.6 is 0 Å². The van der Waals surface area contributed by atoms with Gasteiger partial charge >= 0.3 is 0 Å². The number of amides is 1. The Bertz CT molecular complexity index is 1190. The summed E-state index contributed by atoms with van der Waals surface area (Å²) in [6, 6.07) is 11.6. The smallest absolute Gasteiger partial charge is 0.280 e. The van der Waals surface area contributed by atoms with Crippen molar-refractivity contribution in [2.45, 2.75) is 26.4 Å². The first-order chi connectivity index (χ1) is 15.5. The predicted octanol–water partition coefficient (Wildman–Crippen LogP) is 2.35. The lowest BCUT2D eigenvalue weighted by Crippen LogP contribution is -2.42. The number of H-pyrrole nitrogens is 1. The van der Waals surface area contributed by atoms with E-state index in [-0.39, 0.29) is 18.0 Å². The molecule has 1 N–H and O–H groups in total. The van der Waals surface area contributed by atoms with Crippen LogP contribution in [-0.4, -0.2) is 59.5 Å². The third-order valence-corrected chi connectivity index (χ3v) is 5.93. The first kappa shape index (κ1) is 21.8. The standard InChI is InChI=1S/C24H28N4O4/c1-4-27(15-23(29)28-10-9-16-7-5-6-8-17(16)13-28)14-22-25-19-12-21(32-3)20(31-2)11-18(19)24(30)26-22/h5-8,11-12H,4,9-10,13-15H2,1-3H3,(H,25,26,30). The largest absolute Gasteiger partial charge is 0.493 e. The first-order valence-corrected chi connectivity index (χ1v) is 10.7. The number of nitrogens with one attached hydrogen (secondary N) is 1. The monoisotopic (exact) mass is 436 g/mol. The third kappa shape index (κ3) is 4.45. The summed E-state index contributed by atoms with van der Waals surface area (Å²) in [7, 11) is 3.07. The van der Waals surface area contributed by atoms with Crippen LogP contribution in [0.1, 0.15) is 23.9 Å². The minimum Gasteiger partial charge on any atom is -0.493 e. The quantitative estimate of drug-likeness (QED) is 0.612. The fraction of sp³-hybridized carbons (Fsp3) is 0.375. The molecular formula is C24H28N4O4. The molecular weight excluding hydrogens is 408 g/mol. The molecule has 0 atom stereocenters. The zero-order valence-electron chi connectivity index (χ0n) is 18.7. The molecule has 0 unspecified atom stereocenters. The average molecular weight is 437 g/mol. The van der Waals surface area contributed by atoms with Gasteiger partial charge in [0.1, 0.15) is 5.82 Å². The van der Waals surface area contributed by atoms with E-state index in [0.29, 0.717) is 47.9 Å². The highest BCUT2D eigenvalue weighted by molar-refractivity contribution is 5.82. The maximum atomic E-state index is 13.0. The second-order valence-electron chi connectivity index (χ2n) is 7.88. The molecule has 0 aliphatic carbocycles.